The minimum absolute atomic E-state index is 0.258. The summed E-state index contributed by atoms with van der Waals surface area (Å²) in [5.41, 5.74) is 8.17. The summed E-state index contributed by atoms with van der Waals surface area (Å²) >= 11 is 9.32. The number of anilines is 1. The molecule has 0 saturated carbocycles. The van der Waals surface area contributed by atoms with Crippen LogP contribution in [0.25, 0.3) is 0 Å². The lowest BCUT2D eigenvalue weighted by Gasteiger charge is -2.20. The Labute approximate surface area is 131 Å². The van der Waals surface area contributed by atoms with Crippen molar-refractivity contribution >= 4 is 33.2 Å². The van der Waals surface area contributed by atoms with Crippen molar-refractivity contribution in [2.45, 2.75) is 13.0 Å². The van der Waals surface area contributed by atoms with Gasteiger partial charge >= 0.3 is 0 Å². The Kier molecular flexibility index (Phi) is 5.02. The van der Waals surface area contributed by atoms with E-state index in [0.717, 1.165) is 15.7 Å². The fraction of sp³-hybridized carbons (Fsp3) is 0.200. The van der Waals surface area contributed by atoms with Crippen molar-refractivity contribution in [1.82, 2.24) is 0 Å². The van der Waals surface area contributed by atoms with E-state index in [2.05, 4.69) is 21.2 Å². The molecule has 2 aromatic rings. The first kappa shape index (κ1) is 15.3. The maximum absolute atomic E-state index is 13.9. The maximum Gasteiger partial charge on any atom is 0.128 e. The van der Waals surface area contributed by atoms with Crippen LogP contribution in [-0.2, 0) is 0 Å². The molecule has 0 spiro atoms. The molecule has 0 aromatic heterocycles. The van der Waals surface area contributed by atoms with E-state index in [1.807, 2.05) is 25.1 Å². The predicted molar refractivity (Wildman–Crippen MR) is 85.7 cm³/mol. The summed E-state index contributed by atoms with van der Waals surface area (Å²) in [7, 11) is 0. The summed E-state index contributed by atoms with van der Waals surface area (Å²) in [6.07, 6.45) is 0. The highest BCUT2D eigenvalue weighted by molar-refractivity contribution is 9.10. The van der Waals surface area contributed by atoms with Crippen LogP contribution in [0.3, 0.4) is 0 Å². The summed E-state index contributed by atoms with van der Waals surface area (Å²) in [6, 6.07) is 10.2. The molecule has 1 unspecified atom stereocenters. The molecule has 2 nitrogen and oxygen atoms in total. The molecule has 0 aliphatic heterocycles. The van der Waals surface area contributed by atoms with Crippen molar-refractivity contribution in [2.75, 3.05) is 11.9 Å². The molecule has 3 N–H and O–H groups in total. The second kappa shape index (κ2) is 6.57. The Balaban J connectivity index is 2.28. The van der Waals surface area contributed by atoms with Crippen LogP contribution in [-0.4, -0.2) is 6.54 Å². The monoisotopic (exact) mass is 356 g/mol. The van der Waals surface area contributed by atoms with Crippen molar-refractivity contribution in [3.8, 4) is 0 Å². The summed E-state index contributed by atoms with van der Waals surface area (Å²) in [5, 5.41) is 3.85. The van der Waals surface area contributed by atoms with E-state index in [1.165, 1.54) is 6.07 Å². The van der Waals surface area contributed by atoms with Gasteiger partial charge in [-0.3, -0.25) is 0 Å². The summed E-state index contributed by atoms with van der Waals surface area (Å²) in [4.78, 5) is 0. The van der Waals surface area contributed by atoms with Gasteiger partial charge in [-0.1, -0.05) is 29.3 Å². The Bertz CT molecular complexity index is 619. The van der Waals surface area contributed by atoms with Crippen molar-refractivity contribution in [3.05, 3.63) is 62.8 Å². The van der Waals surface area contributed by atoms with Gasteiger partial charge in [-0.25, -0.2) is 4.39 Å². The third kappa shape index (κ3) is 3.51. The summed E-state index contributed by atoms with van der Waals surface area (Å²) < 4.78 is 14.7. The van der Waals surface area contributed by atoms with Gasteiger partial charge in [0, 0.05) is 22.3 Å². The van der Waals surface area contributed by atoms with E-state index < -0.39 is 0 Å². The molecule has 1 atom stereocenters. The number of aryl methyl sites for hydroxylation is 1. The van der Waals surface area contributed by atoms with Crippen molar-refractivity contribution < 1.29 is 4.39 Å². The number of rotatable bonds is 4. The average molecular weight is 358 g/mol. The molecule has 0 aliphatic carbocycles. The molecule has 0 fully saturated rings. The maximum atomic E-state index is 13.9. The Morgan fingerprint density at radius 3 is 2.70 bits per heavy atom. The van der Waals surface area contributed by atoms with Crippen molar-refractivity contribution in [3.63, 3.8) is 0 Å². The van der Waals surface area contributed by atoms with E-state index in [4.69, 9.17) is 17.3 Å². The molecule has 0 saturated heterocycles. The molecule has 0 amide bonds. The predicted octanol–water partition coefficient (Wildman–Crippen LogP) is 4.66. The zero-order chi connectivity index (χ0) is 14.7. The average Bonchev–Trinajstić information content (AvgIpc) is 2.43. The summed E-state index contributed by atoms with van der Waals surface area (Å²) in [6.45, 7) is 2.22. The molecule has 0 aliphatic rings. The van der Waals surface area contributed by atoms with Crippen LogP contribution in [0.15, 0.2) is 40.9 Å². The van der Waals surface area contributed by atoms with Crippen LogP contribution < -0.4 is 11.1 Å². The molecule has 0 radical (unpaired) electrons. The zero-order valence-electron chi connectivity index (χ0n) is 11.0. The molecule has 106 valence electrons. The molecule has 0 heterocycles. The van der Waals surface area contributed by atoms with Gasteiger partial charge in [0.2, 0.25) is 0 Å². The molecular formula is C15H15BrClFN2. The van der Waals surface area contributed by atoms with Crippen molar-refractivity contribution in [1.29, 1.82) is 0 Å². The molecule has 0 bridgehead atoms. The van der Waals surface area contributed by atoms with E-state index in [0.29, 0.717) is 17.1 Å². The van der Waals surface area contributed by atoms with Crippen LogP contribution in [0.1, 0.15) is 17.2 Å². The van der Waals surface area contributed by atoms with Gasteiger partial charge in [-0.2, -0.15) is 0 Å². The standard InChI is InChI=1S/C15H15BrClFN2/c1-9-2-5-14(18)11(6-9)15(8-19)20-10-3-4-13(17)12(16)7-10/h2-7,15,20H,8,19H2,1H3. The quantitative estimate of drug-likeness (QED) is 0.835. The highest BCUT2D eigenvalue weighted by Crippen LogP contribution is 2.28. The van der Waals surface area contributed by atoms with E-state index >= 15 is 0 Å². The van der Waals surface area contributed by atoms with Gasteiger partial charge < -0.3 is 11.1 Å². The highest BCUT2D eigenvalue weighted by atomic mass is 79.9. The van der Waals surface area contributed by atoms with Gasteiger partial charge in [0.1, 0.15) is 5.82 Å². The first-order valence-electron chi connectivity index (χ1n) is 6.19. The number of halogens is 3. The van der Waals surface area contributed by atoms with Crippen LogP contribution in [0.5, 0.6) is 0 Å². The van der Waals surface area contributed by atoms with Gasteiger partial charge in [0.05, 0.1) is 11.1 Å². The highest BCUT2D eigenvalue weighted by Gasteiger charge is 2.14. The van der Waals surface area contributed by atoms with Crippen molar-refractivity contribution in [2.24, 2.45) is 5.73 Å². The van der Waals surface area contributed by atoms with Gasteiger partial charge in [-0.05, 0) is 47.1 Å². The molecular weight excluding hydrogens is 343 g/mol. The summed E-state index contributed by atoms with van der Waals surface area (Å²) in [5.74, 6) is -0.258. The topological polar surface area (TPSA) is 38.0 Å². The number of hydrogen-bond donors (Lipinski definition) is 2. The molecule has 20 heavy (non-hydrogen) atoms. The SMILES string of the molecule is Cc1ccc(F)c(C(CN)Nc2ccc(Cl)c(Br)c2)c1. The fourth-order valence-electron chi connectivity index (χ4n) is 1.98. The normalized spacial score (nSPS) is 12.2. The molecule has 2 rings (SSSR count). The van der Waals surface area contributed by atoms with Crippen LogP contribution in [0, 0.1) is 12.7 Å². The Morgan fingerprint density at radius 1 is 1.30 bits per heavy atom. The number of nitrogens with one attached hydrogen (secondary N) is 1. The van der Waals surface area contributed by atoms with Crippen LogP contribution in [0.2, 0.25) is 5.02 Å². The fourth-order valence-corrected chi connectivity index (χ4v) is 2.48. The second-order valence-corrected chi connectivity index (χ2v) is 5.85. The largest absolute Gasteiger partial charge is 0.377 e. The first-order chi connectivity index (χ1) is 9.51. The van der Waals surface area contributed by atoms with Gasteiger partial charge in [0.15, 0.2) is 0 Å². The lowest BCUT2D eigenvalue weighted by atomic mass is 10.0. The Morgan fingerprint density at radius 2 is 2.05 bits per heavy atom. The van der Waals surface area contributed by atoms with Gasteiger partial charge in [0.25, 0.3) is 0 Å². The molecule has 2 aromatic carbocycles. The number of nitrogens with two attached hydrogens (primary N) is 1. The third-order valence-corrected chi connectivity index (χ3v) is 4.24. The zero-order valence-corrected chi connectivity index (χ0v) is 13.3. The lowest BCUT2D eigenvalue weighted by Crippen LogP contribution is -2.21. The van der Waals surface area contributed by atoms with E-state index in [-0.39, 0.29) is 11.9 Å². The van der Waals surface area contributed by atoms with Gasteiger partial charge in [-0.15, -0.1) is 0 Å². The lowest BCUT2D eigenvalue weighted by molar-refractivity contribution is 0.593. The first-order valence-corrected chi connectivity index (χ1v) is 7.36. The number of hydrogen-bond acceptors (Lipinski definition) is 2. The second-order valence-electron chi connectivity index (χ2n) is 4.59. The van der Waals surface area contributed by atoms with Crippen LogP contribution in [0.4, 0.5) is 10.1 Å². The van der Waals surface area contributed by atoms with E-state index in [1.54, 1.807) is 12.1 Å². The minimum Gasteiger partial charge on any atom is -0.377 e. The van der Waals surface area contributed by atoms with E-state index in [9.17, 15) is 4.39 Å². The smallest absolute Gasteiger partial charge is 0.128 e. The third-order valence-electron chi connectivity index (χ3n) is 3.02. The minimum atomic E-state index is -0.289. The number of benzene rings is 2. The van der Waals surface area contributed by atoms with Crippen LogP contribution >= 0.6 is 27.5 Å². The molecule has 5 heteroatoms. The Hall–Kier alpha value is -1.10.